The molecule has 0 unspecified atom stereocenters. The van der Waals surface area contributed by atoms with E-state index in [-0.39, 0.29) is 12.2 Å². The second-order valence-electron chi connectivity index (χ2n) is 6.25. The first-order valence-corrected chi connectivity index (χ1v) is 8.87. The fraction of sp³-hybridized carbons (Fsp3) is 0.389. The van der Waals surface area contributed by atoms with Crippen molar-refractivity contribution in [1.82, 2.24) is 15.3 Å². The van der Waals surface area contributed by atoms with Gasteiger partial charge in [-0.25, -0.2) is 14.8 Å². The lowest BCUT2D eigenvalue weighted by Crippen LogP contribution is -2.32. The summed E-state index contributed by atoms with van der Waals surface area (Å²) in [5.74, 6) is 0.128. The summed E-state index contributed by atoms with van der Waals surface area (Å²) in [5.41, 5.74) is 0.513. The van der Waals surface area contributed by atoms with E-state index in [1.165, 1.54) is 24.6 Å². The van der Waals surface area contributed by atoms with Gasteiger partial charge in [-0.3, -0.25) is 0 Å². The Hall–Kier alpha value is -3.04. The lowest BCUT2D eigenvalue weighted by molar-refractivity contribution is -0.274. The zero-order chi connectivity index (χ0) is 20.0. The van der Waals surface area contributed by atoms with Gasteiger partial charge < -0.3 is 20.3 Å². The topological polar surface area (TPSA) is 79.4 Å². The fourth-order valence-electron chi connectivity index (χ4n) is 2.85. The van der Waals surface area contributed by atoms with Crippen LogP contribution in [0.1, 0.15) is 25.0 Å². The third-order valence-electron chi connectivity index (χ3n) is 4.13. The zero-order valence-electron chi connectivity index (χ0n) is 15.0. The van der Waals surface area contributed by atoms with E-state index in [2.05, 4.69) is 30.2 Å². The van der Waals surface area contributed by atoms with Crippen LogP contribution in [0.4, 0.5) is 29.6 Å². The molecule has 1 fully saturated rings. The average molecular weight is 395 g/mol. The summed E-state index contributed by atoms with van der Waals surface area (Å²) in [5, 5.41) is 4.92. The van der Waals surface area contributed by atoms with Crippen LogP contribution in [0, 0.1) is 0 Å². The molecule has 0 bridgehead atoms. The number of aromatic nitrogens is 2. The van der Waals surface area contributed by atoms with Crippen molar-refractivity contribution in [3.63, 3.8) is 0 Å². The Labute approximate surface area is 159 Å². The Morgan fingerprint density at radius 1 is 1.14 bits per heavy atom. The maximum atomic E-state index is 12.5. The normalized spacial score (nSPS) is 14.5. The van der Waals surface area contributed by atoms with Gasteiger partial charge in [0.25, 0.3) is 0 Å². The van der Waals surface area contributed by atoms with E-state index < -0.39 is 18.1 Å². The molecular formula is C18H20F3N5O2. The summed E-state index contributed by atoms with van der Waals surface area (Å²) < 4.78 is 41.3. The number of hydrogen-bond donors (Lipinski definition) is 2. The van der Waals surface area contributed by atoms with Crippen LogP contribution >= 0.6 is 0 Å². The first-order chi connectivity index (χ1) is 13.4. The number of ether oxygens (including phenoxy) is 1. The van der Waals surface area contributed by atoms with Crippen molar-refractivity contribution in [2.75, 3.05) is 23.3 Å². The van der Waals surface area contributed by atoms with Gasteiger partial charge in [-0.15, -0.1) is 13.2 Å². The number of para-hydroxylation sites is 2. The number of piperidine rings is 1. The number of hydrogen-bond acceptors (Lipinski definition) is 5. The Morgan fingerprint density at radius 3 is 2.64 bits per heavy atom. The molecule has 3 rings (SSSR count). The largest absolute Gasteiger partial charge is 0.573 e. The minimum Gasteiger partial charge on any atom is -0.404 e. The first-order valence-electron chi connectivity index (χ1n) is 8.87. The number of benzene rings is 1. The molecule has 0 aliphatic carbocycles. The van der Waals surface area contributed by atoms with Gasteiger partial charge in [-0.05, 0) is 37.5 Å². The van der Waals surface area contributed by atoms with Gasteiger partial charge in [0.05, 0.1) is 17.9 Å². The molecule has 10 heteroatoms. The Kier molecular flexibility index (Phi) is 6.17. The molecular weight excluding hydrogens is 375 g/mol. The third-order valence-corrected chi connectivity index (χ3v) is 4.13. The van der Waals surface area contributed by atoms with Crippen molar-refractivity contribution in [1.29, 1.82) is 0 Å². The van der Waals surface area contributed by atoms with Gasteiger partial charge >= 0.3 is 12.4 Å². The van der Waals surface area contributed by atoms with Crippen LogP contribution in [0.25, 0.3) is 0 Å². The fourth-order valence-corrected chi connectivity index (χ4v) is 2.85. The molecule has 0 radical (unpaired) electrons. The van der Waals surface area contributed by atoms with Crippen molar-refractivity contribution < 1.29 is 22.7 Å². The van der Waals surface area contributed by atoms with E-state index in [0.29, 0.717) is 11.6 Å². The van der Waals surface area contributed by atoms with Gasteiger partial charge in [-0.2, -0.15) is 0 Å². The van der Waals surface area contributed by atoms with Crippen molar-refractivity contribution in [3.05, 3.63) is 42.2 Å². The lowest BCUT2D eigenvalue weighted by atomic mass is 10.1. The highest BCUT2D eigenvalue weighted by molar-refractivity contribution is 5.90. The molecule has 0 atom stereocenters. The number of nitrogens with one attached hydrogen (secondary N) is 2. The van der Waals surface area contributed by atoms with Gasteiger partial charge in [-0.1, -0.05) is 12.1 Å². The van der Waals surface area contributed by atoms with Crippen LogP contribution in [0.5, 0.6) is 5.75 Å². The number of alkyl halides is 3. The Balaban J connectivity index is 1.58. The number of urea groups is 1. The zero-order valence-corrected chi connectivity index (χ0v) is 15.0. The van der Waals surface area contributed by atoms with Crippen LogP contribution in [0.2, 0.25) is 0 Å². The molecule has 7 nitrogen and oxygen atoms in total. The molecule has 2 heterocycles. The molecule has 28 heavy (non-hydrogen) atoms. The lowest BCUT2D eigenvalue weighted by Gasteiger charge is -2.26. The number of carbonyl (C=O) groups is 1. The number of amides is 2. The minimum absolute atomic E-state index is 0.0889. The van der Waals surface area contributed by atoms with E-state index in [1.807, 2.05) is 0 Å². The smallest absolute Gasteiger partial charge is 0.404 e. The van der Waals surface area contributed by atoms with Crippen LogP contribution in [0.3, 0.4) is 0 Å². The summed E-state index contributed by atoms with van der Waals surface area (Å²) in [6.07, 6.45) is 0.150. The molecule has 1 aliphatic rings. The standard InChI is InChI=1S/C18H20F3N5O2/c19-18(20,21)28-15-7-3-2-6-14(15)25-17(27)23-12-13-8-9-22-16(24-13)26-10-4-1-5-11-26/h2-3,6-9H,1,4-5,10-12H2,(H2,23,25,27). The van der Waals surface area contributed by atoms with Crippen molar-refractivity contribution in [3.8, 4) is 5.75 Å². The third kappa shape index (κ3) is 5.73. The van der Waals surface area contributed by atoms with Gasteiger partial charge in [0, 0.05) is 19.3 Å². The first kappa shape index (κ1) is 19.7. The Bertz CT molecular complexity index is 810. The van der Waals surface area contributed by atoms with E-state index in [0.717, 1.165) is 32.0 Å². The summed E-state index contributed by atoms with van der Waals surface area (Å²) >= 11 is 0. The predicted octanol–water partition coefficient (Wildman–Crippen LogP) is 3.69. The van der Waals surface area contributed by atoms with E-state index in [4.69, 9.17) is 0 Å². The quantitative estimate of drug-likeness (QED) is 0.807. The van der Waals surface area contributed by atoms with Gasteiger partial charge in [0.15, 0.2) is 5.75 Å². The van der Waals surface area contributed by atoms with Crippen LogP contribution in [0.15, 0.2) is 36.5 Å². The second kappa shape index (κ2) is 8.77. The molecule has 1 aromatic carbocycles. The number of rotatable bonds is 5. The summed E-state index contributed by atoms with van der Waals surface area (Å²) in [6.45, 7) is 1.90. The summed E-state index contributed by atoms with van der Waals surface area (Å²) in [7, 11) is 0. The molecule has 0 saturated carbocycles. The molecule has 1 aromatic heterocycles. The highest BCUT2D eigenvalue weighted by atomic mass is 19.4. The number of carbonyl (C=O) groups excluding carboxylic acids is 1. The van der Waals surface area contributed by atoms with Crippen molar-refractivity contribution in [2.45, 2.75) is 32.2 Å². The molecule has 1 saturated heterocycles. The summed E-state index contributed by atoms with van der Waals surface area (Å²) in [4.78, 5) is 22.9. The van der Waals surface area contributed by atoms with E-state index >= 15 is 0 Å². The van der Waals surface area contributed by atoms with Gasteiger partial charge in [0.2, 0.25) is 5.95 Å². The molecule has 2 amide bonds. The average Bonchev–Trinajstić information content (AvgIpc) is 2.68. The molecule has 1 aliphatic heterocycles. The monoisotopic (exact) mass is 395 g/mol. The summed E-state index contributed by atoms with van der Waals surface area (Å²) in [6, 6.07) is 6.32. The minimum atomic E-state index is -4.85. The molecule has 2 aromatic rings. The highest BCUT2D eigenvalue weighted by Crippen LogP contribution is 2.29. The number of halogens is 3. The maximum absolute atomic E-state index is 12.5. The predicted molar refractivity (Wildman–Crippen MR) is 97.1 cm³/mol. The van der Waals surface area contributed by atoms with Crippen LogP contribution in [-0.4, -0.2) is 35.5 Å². The van der Waals surface area contributed by atoms with Gasteiger partial charge in [0.1, 0.15) is 0 Å². The van der Waals surface area contributed by atoms with Crippen molar-refractivity contribution >= 4 is 17.7 Å². The van der Waals surface area contributed by atoms with E-state index in [9.17, 15) is 18.0 Å². The van der Waals surface area contributed by atoms with E-state index in [1.54, 1.807) is 12.3 Å². The SMILES string of the molecule is O=C(NCc1ccnc(N2CCCCC2)n1)Nc1ccccc1OC(F)(F)F. The number of nitrogens with zero attached hydrogens (tertiary/aromatic N) is 3. The Morgan fingerprint density at radius 2 is 1.89 bits per heavy atom. The maximum Gasteiger partial charge on any atom is 0.573 e. The van der Waals surface area contributed by atoms with Crippen LogP contribution in [-0.2, 0) is 6.54 Å². The van der Waals surface area contributed by atoms with Crippen molar-refractivity contribution in [2.24, 2.45) is 0 Å². The molecule has 150 valence electrons. The second-order valence-corrected chi connectivity index (χ2v) is 6.25. The molecule has 0 spiro atoms. The number of anilines is 2. The van der Waals surface area contributed by atoms with Crippen LogP contribution < -0.4 is 20.3 Å². The highest BCUT2D eigenvalue weighted by Gasteiger charge is 2.32. The molecule has 2 N–H and O–H groups in total.